The van der Waals surface area contributed by atoms with Crippen molar-refractivity contribution in [2.75, 3.05) is 6.54 Å². The molecule has 2 amide bonds. The number of nitrogens with one attached hydrogen (secondary N) is 1. The molecule has 14 heavy (non-hydrogen) atoms. The maximum atomic E-state index is 11.8. The van der Waals surface area contributed by atoms with Gasteiger partial charge in [0.1, 0.15) is 0 Å². The lowest BCUT2D eigenvalue weighted by Crippen LogP contribution is -2.49. The van der Waals surface area contributed by atoms with Gasteiger partial charge in [0.2, 0.25) is 0 Å². The third-order valence-electron chi connectivity index (χ3n) is 2.06. The molecule has 0 atom stereocenters. The molecule has 0 unspecified atom stereocenters. The minimum atomic E-state index is -0.161. The molecule has 0 bridgehead atoms. The number of carbonyl (C=O) groups is 1. The minimum absolute atomic E-state index is 0.0277. The van der Waals surface area contributed by atoms with Crippen LogP contribution in [0.1, 0.15) is 33.6 Å². The highest BCUT2D eigenvalue weighted by molar-refractivity contribution is 5.75. The van der Waals surface area contributed by atoms with E-state index in [9.17, 15) is 4.79 Å². The molecule has 1 saturated carbocycles. The molecule has 0 heterocycles. The summed E-state index contributed by atoms with van der Waals surface area (Å²) in [6.07, 6.45) is 4.04. The van der Waals surface area contributed by atoms with Crippen molar-refractivity contribution in [1.29, 1.82) is 0 Å². The molecular formula is C11H20N2O. The summed E-state index contributed by atoms with van der Waals surface area (Å²) in [5.74, 6) is 0. The summed E-state index contributed by atoms with van der Waals surface area (Å²) >= 11 is 0. The predicted molar refractivity (Wildman–Crippen MR) is 58.2 cm³/mol. The highest BCUT2D eigenvalue weighted by Gasteiger charge is 2.32. The smallest absolute Gasteiger partial charge is 0.318 e. The van der Waals surface area contributed by atoms with Crippen LogP contribution in [0.2, 0.25) is 0 Å². The fraction of sp³-hybridized carbons (Fsp3) is 0.727. The number of hydrogen-bond donors (Lipinski definition) is 1. The van der Waals surface area contributed by atoms with Crippen LogP contribution in [0.25, 0.3) is 0 Å². The molecule has 0 spiro atoms. The van der Waals surface area contributed by atoms with Crippen LogP contribution in [0.3, 0.4) is 0 Å². The van der Waals surface area contributed by atoms with E-state index < -0.39 is 0 Å². The van der Waals surface area contributed by atoms with Crippen LogP contribution >= 0.6 is 0 Å². The highest BCUT2D eigenvalue weighted by atomic mass is 16.2. The zero-order chi connectivity index (χ0) is 10.8. The molecule has 0 aromatic carbocycles. The highest BCUT2D eigenvalue weighted by Crippen LogP contribution is 2.26. The number of carbonyl (C=O) groups excluding carboxylic acids is 1. The largest absolute Gasteiger partial charge is 0.333 e. The Hall–Kier alpha value is -0.990. The van der Waals surface area contributed by atoms with E-state index in [2.05, 4.69) is 11.9 Å². The fourth-order valence-electron chi connectivity index (χ4n) is 1.32. The molecule has 1 aliphatic carbocycles. The Labute approximate surface area is 86.2 Å². The third kappa shape index (κ3) is 3.40. The van der Waals surface area contributed by atoms with Crippen molar-refractivity contribution < 1.29 is 4.79 Å². The molecule has 0 aromatic rings. The Kier molecular flexibility index (Phi) is 3.19. The van der Waals surface area contributed by atoms with Gasteiger partial charge in [0.05, 0.1) is 0 Å². The molecule has 80 valence electrons. The normalized spacial score (nSPS) is 16.2. The van der Waals surface area contributed by atoms with Crippen molar-refractivity contribution in [3.8, 4) is 0 Å². The zero-order valence-electron chi connectivity index (χ0n) is 9.34. The summed E-state index contributed by atoms with van der Waals surface area (Å²) in [5.41, 5.74) is -0.161. The Morgan fingerprint density at radius 3 is 2.50 bits per heavy atom. The van der Waals surface area contributed by atoms with Crippen LogP contribution in [-0.2, 0) is 0 Å². The van der Waals surface area contributed by atoms with Crippen molar-refractivity contribution in [3.05, 3.63) is 12.7 Å². The van der Waals surface area contributed by atoms with Crippen LogP contribution in [0.4, 0.5) is 4.79 Å². The molecule has 1 N–H and O–H groups in total. The maximum Gasteiger partial charge on any atom is 0.318 e. The molecule has 0 radical (unpaired) electrons. The molecule has 3 nitrogen and oxygen atoms in total. The van der Waals surface area contributed by atoms with E-state index in [1.165, 1.54) is 0 Å². The third-order valence-corrected chi connectivity index (χ3v) is 2.06. The SMILES string of the molecule is C=CCN(C(=O)NC(C)(C)C)C1CC1. The topological polar surface area (TPSA) is 32.3 Å². The Bertz CT molecular complexity index is 226. The second-order valence-electron chi connectivity index (χ2n) is 4.85. The predicted octanol–water partition coefficient (Wildman–Crippen LogP) is 2.14. The van der Waals surface area contributed by atoms with E-state index in [1.54, 1.807) is 6.08 Å². The summed E-state index contributed by atoms with van der Waals surface area (Å²) in [4.78, 5) is 13.7. The minimum Gasteiger partial charge on any atom is -0.333 e. The van der Waals surface area contributed by atoms with Gasteiger partial charge >= 0.3 is 6.03 Å². The molecule has 1 fully saturated rings. The van der Waals surface area contributed by atoms with Crippen molar-refractivity contribution in [2.24, 2.45) is 0 Å². The summed E-state index contributed by atoms with van der Waals surface area (Å²) in [5, 5.41) is 2.96. The van der Waals surface area contributed by atoms with Crippen molar-refractivity contribution in [1.82, 2.24) is 10.2 Å². The van der Waals surface area contributed by atoms with Gasteiger partial charge in [0, 0.05) is 18.1 Å². The number of amides is 2. The van der Waals surface area contributed by atoms with Gasteiger partial charge in [-0.2, -0.15) is 0 Å². The van der Waals surface area contributed by atoms with Crippen LogP contribution in [0.15, 0.2) is 12.7 Å². The van der Waals surface area contributed by atoms with E-state index >= 15 is 0 Å². The molecule has 0 saturated heterocycles. The van der Waals surface area contributed by atoms with E-state index in [1.807, 2.05) is 25.7 Å². The number of rotatable bonds is 3. The zero-order valence-corrected chi connectivity index (χ0v) is 9.34. The van der Waals surface area contributed by atoms with E-state index in [4.69, 9.17) is 0 Å². The summed E-state index contributed by atoms with van der Waals surface area (Å²) in [6.45, 7) is 10.3. The monoisotopic (exact) mass is 196 g/mol. The fourth-order valence-corrected chi connectivity index (χ4v) is 1.32. The second-order valence-corrected chi connectivity index (χ2v) is 4.85. The van der Waals surface area contributed by atoms with Crippen molar-refractivity contribution in [2.45, 2.75) is 45.2 Å². The van der Waals surface area contributed by atoms with Crippen LogP contribution < -0.4 is 5.32 Å². The molecule has 3 heteroatoms. The molecule has 0 aromatic heterocycles. The second kappa shape index (κ2) is 4.03. The molecule has 1 aliphatic rings. The van der Waals surface area contributed by atoms with Crippen LogP contribution in [0.5, 0.6) is 0 Å². The van der Waals surface area contributed by atoms with E-state index in [-0.39, 0.29) is 11.6 Å². The average molecular weight is 196 g/mol. The van der Waals surface area contributed by atoms with Crippen molar-refractivity contribution in [3.63, 3.8) is 0 Å². The lowest BCUT2D eigenvalue weighted by atomic mass is 10.1. The number of nitrogens with zero attached hydrogens (tertiary/aromatic N) is 1. The summed E-state index contributed by atoms with van der Waals surface area (Å²) < 4.78 is 0. The maximum absolute atomic E-state index is 11.8. The van der Waals surface area contributed by atoms with Gasteiger partial charge in [0.15, 0.2) is 0 Å². The first-order valence-electron chi connectivity index (χ1n) is 5.14. The van der Waals surface area contributed by atoms with Gasteiger partial charge in [-0.05, 0) is 33.6 Å². The number of hydrogen-bond acceptors (Lipinski definition) is 1. The van der Waals surface area contributed by atoms with Gasteiger partial charge in [-0.3, -0.25) is 0 Å². The Morgan fingerprint density at radius 2 is 2.14 bits per heavy atom. The number of urea groups is 1. The van der Waals surface area contributed by atoms with Crippen LogP contribution in [-0.4, -0.2) is 29.1 Å². The first-order chi connectivity index (χ1) is 6.44. The van der Waals surface area contributed by atoms with Gasteiger partial charge in [-0.1, -0.05) is 6.08 Å². The molecule has 1 rings (SSSR count). The van der Waals surface area contributed by atoms with Crippen molar-refractivity contribution >= 4 is 6.03 Å². The molecular weight excluding hydrogens is 176 g/mol. The van der Waals surface area contributed by atoms with Gasteiger partial charge in [0.25, 0.3) is 0 Å². The van der Waals surface area contributed by atoms with E-state index in [0.717, 1.165) is 12.8 Å². The first kappa shape index (κ1) is 11.1. The Morgan fingerprint density at radius 1 is 1.57 bits per heavy atom. The summed E-state index contributed by atoms with van der Waals surface area (Å²) in [7, 11) is 0. The quantitative estimate of drug-likeness (QED) is 0.689. The van der Waals surface area contributed by atoms with Crippen LogP contribution in [0, 0.1) is 0 Å². The standard InChI is InChI=1S/C11H20N2O/c1-5-8-13(9-6-7-9)10(14)12-11(2,3)4/h5,9H,1,6-8H2,2-4H3,(H,12,14). The average Bonchev–Trinajstić information content (AvgIpc) is 2.78. The lowest BCUT2D eigenvalue weighted by molar-refractivity contribution is 0.191. The molecule has 0 aliphatic heterocycles. The Balaban J connectivity index is 2.50. The summed E-state index contributed by atoms with van der Waals surface area (Å²) in [6, 6.07) is 0.468. The van der Waals surface area contributed by atoms with Gasteiger partial charge < -0.3 is 10.2 Å². The van der Waals surface area contributed by atoms with Gasteiger partial charge in [-0.15, -0.1) is 6.58 Å². The van der Waals surface area contributed by atoms with E-state index in [0.29, 0.717) is 12.6 Å². The first-order valence-corrected chi connectivity index (χ1v) is 5.14. The van der Waals surface area contributed by atoms with Gasteiger partial charge in [-0.25, -0.2) is 4.79 Å². The lowest BCUT2D eigenvalue weighted by Gasteiger charge is -2.27.